The number of thioether (sulfide) groups is 1. The van der Waals surface area contributed by atoms with Gasteiger partial charge in [-0.15, -0.1) is 11.3 Å². The largest absolute Gasteiger partial charge is 0.308 e. The number of aromatic nitrogens is 1. The van der Waals surface area contributed by atoms with Crippen LogP contribution in [0.1, 0.15) is 24.9 Å². The molecule has 0 aliphatic heterocycles. The van der Waals surface area contributed by atoms with Crippen molar-refractivity contribution in [1.29, 1.82) is 0 Å². The Labute approximate surface area is 117 Å². The average Bonchev–Trinajstić information content (AvgIpc) is 2.80. The lowest BCUT2D eigenvalue weighted by molar-refractivity contribution is 0.500. The lowest BCUT2D eigenvalue weighted by atomic mass is 10.2. The number of para-hydroxylation sites is 1. The van der Waals surface area contributed by atoms with Crippen LogP contribution >= 0.6 is 23.1 Å². The van der Waals surface area contributed by atoms with Crippen LogP contribution in [0.25, 0.3) is 10.2 Å². The fraction of sp³-hybridized carbons (Fsp3) is 0.500. The molecule has 2 unspecified atom stereocenters. The molecule has 98 valence electrons. The zero-order valence-corrected chi connectivity index (χ0v) is 12.8. The lowest BCUT2D eigenvalue weighted by Gasteiger charge is -2.15. The molecule has 1 N–H and O–H groups in total. The van der Waals surface area contributed by atoms with Crippen molar-refractivity contribution in [3.63, 3.8) is 0 Å². The number of benzene rings is 1. The van der Waals surface area contributed by atoms with Crippen LogP contribution in [-0.4, -0.2) is 23.5 Å². The third-order valence-electron chi connectivity index (χ3n) is 2.90. The second-order valence-corrected chi connectivity index (χ2v) is 6.68. The van der Waals surface area contributed by atoms with Crippen molar-refractivity contribution in [3.8, 4) is 0 Å². The lowest BCUT2D eigenvalue weighted by Crippen LogP contribution is -2.25. The molecule has 2 aromatic rings. The summed E-state index contributed by atoms with van der Waals surface area (Å²) in [7, 11) is 0. The third kappa shape index (κ3) is 3.46. The number of nitrogens with zero attached hydrogens (tertiary/aromatic N) is 1. The smallest absolute Gasteiger partial charge is 0.111 e. The molecule has 18 heavy (non-hydrogen) atoms. The minimum atomic E-state index is 0.340. The normalized spacial score (nSPS) is 14.8. The summed E-state index contributed by atoms with van der Waals surface area (Å²) in [5.41, 5.74) is 1.11. The topological polar surface area (TPSA) is 24.9 Å². The van der Waals surface area contributed by atoms with Crippen LogP contribution in [0.15, 0.2) is 24.3 Å². The molecule has 1 aromatic heterocycles. The van der Waals surface area contributed by atoms with E-state index < -0.39 is 0 Å². The molecular formula is C14H20N2S2. The molecule has 2 nitrogen and oxygen atoms in total. The van der Waals surface area contributed by atoms with Crippen molar-refractivity contribution in [2.45, 2.75) is 19.9 Å². The van der Waals surface area contributed by atoms with Gasteiger partial charge in [0.15, 0.2) is 0 Å². The molecule has 2 rings (SSSR count). The number of hydrogen-bond acceptors (Lipinski definition) is 4. The second-order valence-electron chi connectivity index (χ2n) is 4.71. The van der Waals surface area contributed by atoms with Crippen LogP contribution in [0.3, 0.4) is 0 Å². The first-order chi connectivity index (χ1) is 8.70. The molecule has 0 saturated heterocycles. The highest BCUT2D eigenvalue weighted by Gasteiger charge is 2.11. The maximum Gasteiger partial charge on any atom is 0.111 e. The van der Waals surface area contributed by atoms with Crippen LogP contribution in [0.2, 0.25) is 0 Å². The fourth-order valence-corrected chi connectivity index (χ4v) is 3.57. The molecular weight excluding hydrogens is 260 g/mol. The van der Waals surface area contributed by atoms with E-state index in [4.69, 9.17) is 0 Å². The van der Waals surface area contributed by atoms with Crippen LogP contribution in [0, 0.1) is 5.92 Å². The minimum Gasteiger partial charge on any atom is -0.308 e. The van der Waals surface area contributed by atoms with Crippen molar-refractivity contribution >= 4 is 33.3 Å². The molecule has 0 radical (unpaired) electrons. The number of fused-ring (bicyclic) bond motifs is 1. The predicted molar refractivity (Wildman–Crippen MR) is 83.6 cm³/mol. The molecule has 4 heteroatoms. The van der Waals surface area contributed by atoms with E-state index in [0.717, 1.165) is 12.1 Å². The maximum absolute atomic E-state index is 4.69. The summed E-state index contributed by atoms with van der Waals surface area (Å²) in [4.78, 5) is 4.69. The Kier molecular flexibility index (Phi) is 5.03. The summed E-state index contributed by atoms with van der Waals surface area (Å²) in [5.74, 6) is 1.91. The van der Waals surface area contributed by atoms with E-state index in [1.54, 1.807) is 11.3 Å². The first-order valence-corrected chi connectivity index (χ1v) is 8.49. The third-order valence-corrected chi connectivity index (χ3v) is 5.03. The molecule has 0 fully saturated rings. The molecule has 0 bridgehead atoms. The monoisotopic (exact) mass is 280 g/mol. The Morgan fingerprint density at radius 1 is 1.33 bits per heavy atom. The van der Waals surface area contributed by atoms with E-state index >= 15 is 0 Å². The molecule has 0 saturated carbocycles. The Morgan fingerprint density at radius 3 is 2.83 bits per heavy atom. The zero-order valence-electron chi connectivity index (χ0n) is 11.1. The van der Waals surface area contributed by atoms with E-state index in [-0.39, 0.29) is 0 Å². The van der Waals surface area contributed by atoms with Gasteiger partial charge in [-0.3, -0.25) is 0 Å². The van der Waals surface area contributed by atoms with Gasteiger partial charge in [0.1, 0.15) is 5.01 Å². The summed E-state index contributed by atoms with van der Waals surface area (Å²) in [6, 6.07) is 8.68. The molecule has 0 amide bonds. The Morgan fingerprint density at radius 2 is 2.11 bits per heavy atom. The minimum absolute atomic E-state index is 0.340. The number of rotatable bonds is 6. The van der Waals surface area contributed by atoms with Crippen LogP contribution in [-0.2, 0) is 0 Å². The Bertz CT molecular complexity index is 462. The van der Waals surface area contributed by atoms with Gasteiger partial charge < -0.3 is 5.32 Å². The Hall–Kier alpha value is -0.580. The van der Waals surface area contributed by atoms with Crippen LogP contribution in [0.5, 0.6) is 0 Å². The maximum atomic E-state index is 4.69. The molecule has 2 atom stereocenters. The van der Waals surface area contributed by atoms with E-state index in [1.807, 2.05) is 17.8 Å². The number of thiazole rings is 1. The van der Waals surface area contributed by atoms with Gasteiger partial charge in [0.05, 0.1) is 16.3 Å². The van der Waals surface area contributed by atoms with E-state index in [9.17, 15) is 0 Å². The fourth-order valence-electron chi connectivity index (χ4n) is 1.88. The van der Waals surface area contributed by atoms with Gasteiger partial charge in [-0.2, -0.15) is 11.8 Å². The van der Waals surface area contributed by atoms with E-state index in [2.05, 4.69) is 48.6 Å². The van der Waals surface area contributed by atoms with Gasteiger partial charge in [0.2, 0.25) is 0 Å². The van der Waals surface area contributed by atoms with E-state index in [1.165, 1.54) is 15.5 Å². The molecule has 1 aromatic carbocycles. The van der Waals surface area contributed by atoms with Crippen molar-refractivity contribution in [3.05, 3.63) is 29.3 Å². The predicted octanol–water partition coefficient (Wildman–Crippen LogP) is 3.95. The second kappa shape index (κ2) is 6.55. The zero-order chi connectivity index (χ0) is 13.0. The average molecular weight is 280 g/mol. The van der Waals surface area contributed by atoms with E-state index in [0.29, 0.717) is 12.0 Å². The quantitative estimate of drug-likeness (QED) is 0.867. The SMILES string of the molecule is CSCC(C)CNC(C)c1nc2ccccc2s1. The first-order valence-electron chi connectivity index (χ1n) is 6.28. The van der Waals surface area contributed by atoms with Crippen LogP contribution < -0.4 is 5.32 Å². The highest BCUT2D eigenvalue weighted by atomic mass is 32.2. The van der Waals surface area contributed by atoms with Crippen molar-refractivity contribution in [2.75, 3.05) is 18.6 Å². The van der Waals surface area contributed by atoms with Gasteiger partial charge in [0.25, 0.3) is 0 Å². The highest BCUT2D eigenvalue weighted by Crippen LogP contribution is 2.26. The van der Waals surface area contributed by atoms with Crippen molar-refractivity contribution < 1.29 is 0 Å². The molecule has 0 spiro atoms. The molecule has 0 aliphatic rings. The van der Waals surface area contributed by atoms with Gasteiger partial charge in [-0.1, -0.05) is 19.1 Å². The van der Waals surface area contributed by atoms with Crippen molar-refractivity contribution in [1.82, 2.24) is 10.3 Å². The summed E-state index contributed by atoms with van der Waals surface area (Å²) in [6.07, 6.45) is 2.16. The highest BCUT2D eigenvalue weighted by molar-refractivity contribution is 7.98. The summed E-state index contributed by atoms with van der Waals surface area (Å²) in [5, 5.41) is 4.77. The Balaban J connectivity index is 1.98. The number of nitrogens with one attached hydrogen (secondary N) is 1. The summed E-state index contributed by atoms with van der Waals surface area (Å²) in [6.45, 7) is 5.54. The number of hydrogen-bond donors (Lipinski definition) is 1. The van der Waals surface area contributed by atoms with Gasteiger partial charge in [-0.05, 0) is 43.5 Å². The van der Waals surface area contributed by atoms with Crippen molar-refractivity contribution in [2.24, 2.45) is 5.92 Å². The summed E-state index contributed by atoms with van der Waals surface area (Å²) < 4.78 is 1.28. The van der Waals surface area contributed by atoms with Gasteiger partial charge in [-0.25, -0.2) is 4.98 Å². The van der Waals surface area contributed by atoms with Gasteiger partial charge in [0, 0.05) is 0 Å². The molecule has 0 aliphatic carbocycles. The molecule has 1 heterocycles. The van der Waals surface area contributed by atoms with Crippen LogP contribution in [0.4, 0.5) is 0 Å². The standard InChI is InChI=1S/C14H20N2S2/c1-10(9-17-3)8-15-11(2)14-16-12-6-4-5-7-13(12)18-14/h4-7,10-11,15H,8-9H2,1-3H3. The summed E-state index contributed by atoms with van der Waals surface area (Å²) >= 11 is 3.70. The van der Waals surface area contributed by atoms with Gasteiger partial charge >= 0.3 is 0 Å². The first kappa shape index (κ1) is 13.8.